The fraction of sp³-hybridized carbons (Fsp3) is 0.500. The molecular weight excluding hydrogens is 841 g/mol. The molecule has 8 heterocycles. The molecule has 0 aliphatic carbocycles. The van der Waals surface area contributed by atoms with E-state index in [1.54, 1.807) is 0 Å². The molecule has 4 fully saturated rings. The molecule has 2 aromatic heterocycles. The number of carbonyl (C=O) groups excluding carboxylic acids is 4. The van der Waals surface area contributed by atoms with Gasteiger partial charge in [0.1, 0.15) is 11.6 Å². The molecule has 0 spiro atoms. The number of anilines is 4. The number of ether oxygens (including phenoxy) is 2. The molecule has 348 valence electrons. The van der Waals surface area contributed by atoms with E-state index in [1.807, 2.05) is 72.2 Å². The minimum atomic E-state index is -0.232. The molecule has 6 aliphatic heterocycles. The maximum Gasteiger partial charge on any atom is 0.319 e. The minimum Gasteiger partial charge on any atom is -0.377 e. The molecule has 4 saturated heterocycles. The van der Waals surface area contributed by atoms with E-state index in [9.17, 15) is 19.2 Å². The van der Waals surface area contributed by atoms with Crippen LogP contribution in [-0.2, 0) is 31.9 Å². The zero-order valence-corrected chi connectivity index (χ0v) is 38.3. The Hall–Kier alpha value is -6.40. The van der Waals surface area contributed by atoms with Gasteiger partial charge in [0.2, 0.25) is 11.8 Å². The van der Waals surface area contributed by atoms with Gasteiger partial charge < -0.3 is 50.3 Å². The molecule has 0 saturated carbocycles. The number of carbonyl (C=O) groups is 4. The third-order valence-corrected chi connectivity index (χ3v) is 13.3. The van der Waals surface area contributed by atoms with E-state index in [4.69, 9.17) is 29.4 Å². The summed E-state index contributed by atoms with van der Waals surface area (Å²) in [6.45, 7) is 14.9. The first-order chi connectivity index (χ1) is 32.1. The van der Waals surface area contributed by atoms with E-state index >= 15 is 0 Å². The van der Waals surface area contributed by atoms with Crippen molar-refractivity contribution < 1.29 is 28.7 Å². The number of benzene rings is 2. The van der Waals surface area contributed by atoms with Crippen LogP contribution in [0.5, 0.6) is 0 Å². The van der Waals surface area contributed by atoms with Crippen LogP contribution in [0.25, 0.3) is 22.8 Å². The van der Waals surface area contributed by atoms with Crippen molar-refractivity contribution in [3.8, 4) is 22.8 Å². The Bertz CT molecular complexity index is 2280. The van der Waals surface area contributed by atoms with E-state index in [2.05, 4.69) is 44.9 Å². The van der Waals surface area contributed by atoms with E-state index < -0.39 is 0 Å². The monoisotopic (exact) mass is 900 g/mol. The lowest BCUT2D eigenvalue weighted by molar-refractivity contribution is -0.130. The second-order valence-corrected chi connectivity index (χ2v) is 17.6. The van der Waals surface area contributed by atoms with Crippen LogP contribution in [0.3, 0.4) is 0 Å². The molecule has 2 unspecified atom stereocenters. The molecule has 4 N–H and O–H groups in total. The SMILES string of the molecule is CCNC(=O)Nc1ccc(-c2nc3c(c(N4CCOC[C@H]4C)n2)CCN2C(=O)CCC32)cc1.CCNC(=O)Nc1ccc(-c2nc3c(c(N4CCOC[C@H]4C)n2)CCN2C(=O)CCC32)cc1. The number of nitrogens with zero attached hydrogens (tertiary/aromatic N) is 8. The van der Waals surface area contributed by atoms with E-state index in [1.165, 1.54) is 0 Å². The predicted molar refractivity (Wildman–Crippen MR) is 250 cm³/mol. The topological polar surface area (TPSA) is 199 Å². The highest BCUT2D eigenvalue weighted by molar-refractivity contribution is 5.90. The highest BCUT2D eigenvalue weighted by Crippen LogP contribution is 2.43. The molecule has 4 atom stereocenters. The van der Waals surface area contributed by atoms with E-state index in [-0.39, 0.29) is 48.0 Å². The van der Waals surface area contributed by atoms with Gasteiger partial charge in [0.05, 0.1) is 62.0 Å². The van der Waals surface area contributed by atoms with Gasteiger partial charge in [0, 0.05) is 85.7 Å². The van der Waals surface area contributed by atoms with Crippen LogP contribution in [0.4, 0.5) is 32.6 Å². The van der Waals surface area contributed by atoms with E-state index in [0.29, 0.717) is 75.4 Å². The fourth-order valence-electron chi connectivity index (χ4n) is 9.96. The maximum atomic E-state index is 12.4. The molecule has 66 heavy (non-hydrogen) atoms. The number of amides is 6. The lowest BCUT2D eigenvalue weighted by atomic mass is 9.97. The zero-order valence-electron chi connectivity index (χ0n) is 38.3. The lowest BCUT2D eigenvalue weighted by Crippen LogP contribution is -2.45. The zero-order chi connectivity index (χ0) is 45.9. The number of rotatable bonds is 8. The predicted octanol–water partition coefficient (Wildman–Crippen LogP) is 5.46. The Balaban J connectivity index is 0.000000166. The van der Waals surface area contributed by atoms with Crippen molar-refractivity contribution in [3.05, 3.63) is 71.0 Å². The summed E-state index contributed by atoms with van der Waals surface area (Å²) >= 11 is 0. The summed E-state index contributed by atoms with van der Waals surface area (Å²) in [4.78, 5) is 77.1. The molecule has 6 amide bonds. The number of fused-ring (bicyclic) bond motifs is 6. The van der Waals surface area contributed by atoms with Crippen LogP contribution >= 0.6 is 0 Å². The number of hydrogen-bond acceptors (Lipinski definition) is 12. The Morgan fingerprint density at radius 1 is 0.576 bits per heavy atom. The molecule has 0 bridgehead atoms. The molecular formula is C48H60N12O6. The number of hydrogen-bond donors (Lipinski definition) is 4. The standard InChI is InChI=1S/2C24H30N6O3/c2*1-3-25-24(32)26-17-6-4-16(5-7-17)22-27-21-18(10-11-30-19(21)8-9-20(30)31)23(28-22)29-12-13-33-14-15(29)2/h2*4-7,15,19H,3,8-14H2,1-2H3,(H2,25,26,32)/t2*15-,19?/m11/s1. The number of aromatic nitrogens is 4. The average molecular weight is 901 g/mol. The van der Waals surface area contributed by atoms with E-state index in [0.717, 1.165) is 97.1 Å². The second kappa shape index (κ2) is 19.6. The van der Waals surface area contributed by atoms with Crippen LogP contribution in [0.2, 0.25) is 0 Å². The third-order valence-electron chi connectivity index (χ3n) is 13.3. The van der Waals surface area contributed by atoms with Gasteiger partial charge >= 0.3 is 12.1 Å². The van der Waals surface area contributed by atoms with Crippen LogP contribution < -0.4 is 31.1 Å². The van der Waals surface area contributed by atoms with Gasteiger partial charge in [-0.25, -0.2) is 29.5 Å². The van der Waals surface area contributed by atoms with Crippen molar-refractivity contribution >= 4 is 46.9 Å². The maximum absolute atomic E-state index is 12.4. The molecule has 6 aliphatic rings. The smallest absolute Gasteiger partial charge is 0.319 e. The Labute approximate surface area is 385 Å². The molecule has 10 rings (SSSR count). The summed E-state index contributed by atoms with van der Waals surface area (Å²) in [6.07, 6.45) is 4.30. The summed E-state index contributed by atoms with van der Waals surface area (Å²) in [5.41, 5.74) is 7.46. The number of urea groups is 2. The van der Waals surface area contributed by atoms with Crippen molar-refractivity contribution in [2.45, 2.75) is 90.4 Å². The van der Waals surface area contributed by atoms with Crippen molar-refractivity contribution in [1.29, 1.82) is 0 Å². The van der Waals surface area contributed by atoms with Crippen molar-refractivity contribution in [3.63, 3.8) is 0 Å². The highest BCUT2D eigenvalue weighted by Gasteiger charge is 2.41. The summed E-state index contributed by atoms with van der Waals surface area (Å²) < 4.78 is 11.3. The van der Waals surface area contributed by atoms with Gasteiger partial charge in [-0.05, 0) is 102 Å². The van der Waals surface area contributed by atoms with Gasteiger partial charge in [-0.15, -0.1) is 0 Å². The van der Waals surface area contributed by atoms with Gasteiger partial charge in [0.25, 0.3) is 0 Å². The Morgan fingerprint density at radius 3 is 1.36 bits per heavy atom. The number of nitrogens with one attached hydrogen (secondary N) is 4. The van der Waals surface area contributed by atoms with Crippen molar-refractivity contribution in [1.82, 2.24) is 40.4 Å². The van der Waals surface area contributed by atoms with Crippen molar-refractivity contribution in [2.24, 2.45) is 0 Å². The Kier molecular flexibility index (Phi) is 13.3. The molecule has 4 aromatic rings. The number of morpholine rings is 2. The molecule has 18 nitrogen and oxygen atoms in total. The van der Waals surface area contributed by atoms with Crippen LogP contribution in [0, 0.1) is 0 Å². The van der Waals surface area contributed by atoms with Crippen LogP contribution in [0.1, 0.15) is 88.0 Å². The van der Waals surface area contributed by atoms with Gasteiger partial charge in [-0.1, -0.05) is 0 Å². The first-order valence-electron chi connectivity index (χ1n) is 23.5. The third kappa shape index (κ3) is 9.20. The fourth-order valence-corrected chi connectivity index (χ4v) is 9.96. The summed E-state index contributed by atoms with van der Waals surface area (Å²) in [7, 11) is 0. The summed E-state index contributed by atoms with van der Waals surface area (Å²) in [6, 6.07) is 15.2. The minimum absolute atomic E-state index is 0.0248. The largest absolute Gasteiger partial charge is 0.377 e. The first-order valence-corrected chi connectivity index (χ1v) is 23.5. The molecule has 2 aromatic carbocycles. The summed E-state index contributed by atoms with van der Waals surface area (Å²) in [5, 5.41) is 11.1. The van der Waals surface area contributed by atoms with Gasteiger partial charge in [-0.3, -0.25) is 9.59 Å². The summed E-state index contributed by atoms with van der Waals surface area (Å²) in [5.74, 6) is 3.66. The van der Waals surface area contributed by atoms with Gasteiger partial charge in [0.15, 0.2) is 11.6 Å². The average Bonchev–Trinajstić information content (AvgIpc) is 3.91. The van der Waals surface area contributed by atoms with Crippen molar-refractivity contribution in [2.75, 3.05) is 86.1 Å². The highest BCUT2D eigenvalue weighted by atomic mass is 16.5. The Morgan fingerprint density at radius 2 is 0.985 bits per heavy atom. The second-order valence-electron chi connectivity index (χ2n) is 17.6. The normalized spacial score (nSPS) is 22.1. The lowest BCUT2D eigenvalue weighted by Gasteiger charge is -2.38. The quantitative estimate of drug-likeness (QED) is 0.175. The van der Waals surface area contributed by atoms with Crippen LogP contribution in [0.15, 0.2) is 48.5 Å². The molecule has 0 radical (unpaired) electrons. The first kappa shape index (κ1) is 44.8. The van der Waals surface area contributed by atoms with Gasteiger partial charge in [-0.2, -0.15) is 0 Å². The molecule has 18 heteroatoms. The van der Waals surface area contributed by atoms with Crippen LogP contribution in [-0.4, -0.2) is 131 Å².